The Hall–Kier alpha value is -0.650. The molecule has 0 aliphatic carbocycles. The minimum atomic E-state index is -0.335. The van der Waals surface area contributed by atoms with E-state index < -0.39 is 0 Å². The van der Waals surface area contributed by atoms with Crippen LogP contribution < -0.4 is 0 Å². The highest BCUT2D eigenvalue weighted by Crippen LogP contribution is 2.14. The number of ether oxygens (including phenoxy) is 1. The van der Waals surface area contributed by atoms with Crippen LogP contribution in [0.2, 0.25) is 0 Å². The molecule has 0 bridgehead atoms. The Morgan fingerprint density at radius 1 is 1.58 bits per heavy atom. The molecule has 0 amide bonds. The van der Waals surface area contributed by atoms with Crippen molar-refractivity contribution in [3.63, 3.8) is 0 Å². The topological polar surface area (TPSA) is 39.2 Å². The molecule has 0 aliphatic heterocycles. The lowest BCUT2D eigenvalue weighted by molar-refractivity contribution is 0.0599. The average molecular weight is 277 g/mol. The van der Waals surface area contributed by atoms with Crippen LogP contribution in [0.3, 0.4) is 0 Å². The molecule has 0 aliphatic rings. The second kappa shape index (κ2) is 3.84. The van der Waals surface area contributed by atoms with Gasteiger partial charge in [-0.05, 0) is 35.1 Å². The molecule has 0 aromatic carbocycles. The lowest BCUT2D eigenvalue weighted by Crippen LogP contribution is -2.05. The molecule has 3 nitrogen and oxygen atoms in total. The Kier molecular flexibility index (Phi) is 3.02. The quantitative estimate of drug-likeness (QED) is 0.580. The zero-order valence-corrected chi connectivity index (χ0v) is 8.95. The number of hydrogen-bond acceptors (Lipinski definition) is 3. The van der Waals surface area contributed by atoms with Gasteiger partial charge in [0.15, 0.2) is 0 Å². The molecule has 0 saturated carbocycles. The van der Waals surface area contributed by atoms with Crippen molar-refractivity contribution in [3.8, 4) is 0 Å². The number of nitrogens with zero attached hydrogens (tertiary/aromatic N) is 1. The molecule has 4 heteroatoms. The maximum Gasteiger partial charge on any atom is 0.339 e. The molecule has 12 heavy (non-hydrogen) atoms. The summed E-state index contributed by atoms with van der Waals surface area (Å²) < 4.78 is 5.56. The third-order valence-electron chi connectivity index (χ3n) is 1.56. The fourth-order valence-corrected chi connectivity index (χ4v) is 1.27. The summed E-state index contributed by atoms with van der Waals surface area (Å²) in [5.74, 6) is -0.335. The standard InChI is InChI=1S/C8H8INO2/c1-5-6(8(11)12-2)3-10-4-7(5)9/h3-4H,1-2H3. The lowest BCUT2D eigenvalue weighted by Gasteiger charge is -2.03. The first-order chi connectivity index (χ1) is 5.66. The van der Waals surface area contributed by atoms with Crippen LogP contribution in [0.15, 0.2) is 12.4 Å². The van der Waals surface area contributed by atoms with E-state index in [9.17, 15) is 4.79 Å². The molecular weight excluding hydrogens is 269 g/mol. The van der Waals surface area contributed by atoms with E-state index in [1.807, 2.05) is 6.92 Å². The van der Waals surface area contributed by atoms with Gasteiger partial charge in [0, 0.05) is 16.0 Å². The third-order valence-corrected chi connectivity index (χ3v) is 2.65. The van der Waals surface area contributed by atoms with Gasteiger partial charge in [0.05, 0.1) is 12.7 Å². The van der Waals surface area contributed by atoms with Crippen molar-refractivity contribution < 1.29 is 9.53 Å². The van der Waals surface area contributed by atoms with Crippen LogP contribution in [0.4, 0.5) is 0 Å². The lowest BCUT2D eigenvalue weighted by atomic mass is 10.2. The van der Waals surface area contributed by atoms with Crippen LogP contribution in [-0.2, 0) is 4.74 Å². The van der Waals surface area contributed by atoms with E-state index in [0.29, 0.717) is 5.56 Å². The van der Waals surface area contributed by atoms with Crippen LogP contribution in [0.25, 0.3) is 0 Å². The summed E-state index contributed by atoms with van der Waals surface area (Å²) >= 11 is 2.13. The normalized spacial score (nSPS) is 9.58. The minimum Gasteiger partial charge on any atom is -0.465 e. The van der Waals surface area contributed by atoms with Crippen molar-refractivity contribution in [1.29, 1.82) is 0 Å². The maximum atomic E-state index is 11.1. The smallest absolute Gasteiger partial charge is 0.339 e. The molecule has 1 aromatic rings. The van der Waals surface area contributed by atoms with Gasteiger partial charge >= 0.3 is 5.97 Å². The first-order valence-electron chi connectivity index (χ1n) is 3.35. The number of rotatable bonds is 1. The molecule has 64 valence electrons. The molecule has 0 unspecified atom stereocenters. The van der Waals surface area contributed by atoms with Gasteiger partial charge in [-0.3, -0.25) is 4.98 Å². The largest absolute Gasteiger partial charge is 0.465 e. The summed E-state index contributed by atoms with van der Waals surface area (Å²) in [4.78, 5) is 15.0. The summed E-state index contributed by atoms with van der Waals surface area (Å²) in [5.41, 5.74) is 1.45. The van der Waals surface area contributed by atoms with E-state index in [0.717, 1.165) is 9.13 Å². The minimum absolute atomic E-state index is 0.335. The van der Waals surface area contributed by atoms with E-state index in [-0.39, 0.29) is 5.97 Å². The van der Waals surface area contributed by atoms with E-state index >= 15 is 0 Å². The number of carbonyl (C=O) groups is 1. The Balaban J connectivity index is 3.16. The molecule has 0 fully saturated rings. The zero-order chi connectivity index (χ0) is 9.14. The van der Waals surface area contributed by atoms with Crippen LogP contribution in [0.1, 0.15) is 15.9 Å². The summed E-state index contributed by atoms with van der Waals surface area (Å²) in [6.07, 6.45) is 3.23. The van der Waals surface area contributed by atoms with Gasteiger partial charge in [0.1, 0.15) is 0 Å². The number of hydrogen-bond donors (Lipinski definition) is 0. The maximum absolute atomic E-state index is 11.1. The molecule has 0 radical (unpaired) electrons. The number of carbonyl (C=O) groups excluding carboxylic acids is 1. The molecule has 0 saturated heterocycles. The summed E-state index contributed by atoms with van der Waals surface area (Å²) in [6, 6.07) is 0. The predicted octanol–water partition coefficient (Wildman–Crippen LogP) is 1.78. The van der Waals surface area contributed by atoms with Gasteiger partial charge in [-0.15, -0.1) is 0 Å². The fraction of sp³-hybridized carbons (Fsp3) is 0.250. The van der Waals surface area contributed by atoms with Crippen molar-refractivity contribution in [3.05, 3.63) is 27.1 Å². The van der Waals surface area contributed by atoms with E-state index in [1.54, 1.807) is 6.20 Å². The van der Waals surface area contributed by atoms with Gasteiger partial charge in [-0.1, -0.05) is 0 Å². The van der Waals surface area contributed by atoms with Crippen LogP contribution in [0.5, 0.6) is 0 Å². The van der Waals surface area contributed by atoms with Gasteiger partial charge in [0.25, 0.3) is 0 Å². The van der Waals surface area contributed by atoms with Crippen molar-refractivity contribution in [2.45, 2.75) is 6.92 Å². The van der Waals surface area contributed by atoms with E-state index in [4.69, 9.17) is 0 Å². The molecular formula is C8H8INO2. The Bertz CT molecular complexity index is 312. The third kappa shape index (κ3) is 1.74. The van der Waals surface area contributed by atoms with E-state index in [2.05, 4.69) is 32.3 Å². The second-order valence-corrected chi connectivity index (χ2v) is 3.45. The Morgan fingerprint density at radius 2 is 2.25 bits per heavy atom. The average Bonchev–Trinajstić information content (AvgIpc) is 2.08. The van der Waals surface area contributed by atoms with Crippen molar-refractivity contribution in [1.82, 2.24) is 4.98 Å². The first kappa shape index (κ1) is 9.44. The number of aromatic nitrogens is 1. The van der Waals surface area contributed by atoms with Crippen LogP contribution in [0, 0.1) is 10.5 Å². The monoisotopic (exact) mass is 277 g/mol. The molecule has 1 heterocycles. The van der Waals surface area contributed by atoms with Gasteiger partial charge < -0.3 is 4.74 Å². The van der Waals surface area contributed by atoms with Crippen LogP contribution in [-0.4, -0.2) is 18.1 Å². The van der Waals surface area contributed by atoms with Crippen molar-refractivity contribution >= 4 is 28.6 Å². The number of methoxy groups -OCH3 is 1. The van der Waals surface area contributed by atoms with Crippen molar-refractivity contribution in [2.75, 3.05) is 7.11 Å². The Labute approximate surface area is 84.3 Å². The van der Waals surface area contributed by atoms with Crippen molar-refractivity contribution in [2.24, 2.45) is 0 Å². The highest BCUT2D eigenvalue weighted by molar-refractivity contribution is 14.1. The Morgan fingerprint density at radius 3 is 2.83 bits per heavy atom. The molecule has 0 N–H and O–H groups in total. The number of pyridine rings is 1. The SMILES string of the molecule is COC(=O)c1cncc(I)c1C. The van der Waals surface area contributed by atoms with Gasteiger partial charge in [0.2, 0.25) is 0 Å². The molecule has 0 spiro atoms. The highest BCUT2D eigenvalue weighted by Gasteiger charge is 2.10. The van der Waals surface area contributed by atoms with Crippen LogP contribution >= 0.6 is 22.6 Å². The molecule has 1 rings (SSSR count). The predicted molar refractivity (Wildman–Crippen MR) is 53.0 cm³/mol. The summed E-state index contributed by atoms with van der Waals surface area (Å²) in [5, 5.41) is 0. The summed E-state index contributed by atoms with van der Waals surface area (Å²) in [6.45, 7) is 1.87. The molecule has 1 aromatic heterocycles. The van der Waals surface area contributed by atoms with E-state index in [1.165, 1.54) is 13.3 Å². The zero-order valence-electron chi connectivity index (χ0n) is 6.80. The van der Waals surface area contributed by atoms with Gasteiger partial charge in [-0.2, -0.15) is 0 Å². The van der Waals surface area contributed by atoms with Gasteiger partial charge in [-0.25, -0.2) is 4.79 Å². The first-order valence-corrected chi connectivity index (χ1v) is 4.43. The number of halogens is 1. The highest BCUT2D eigenvalue weighted by atomic mass is 127. The number of esters is 1. The second-order valence-electron chi connectivity index (χ2n) is 2.29. The fourth-order valence-electron chi connectivity index (χ4n) is 0.815. The molecule has 0 atom stereocenters. The summed E-state index contributed by atoms with van der Waals surface area (Å²) in [7, 11) is 1.36.